The molecule has 4 saturated carbocycles. The van der Waals surface area contributed by atoms with E-state index in [4.69, 9.17) is 4.74 Å². The first-order valence-electron chi connectivity index (χ1n) is 14.7. The number of methoxy groups -OCH3 is 1. The third-order valence-corrected chi connectivity index (χ3v) is 12.7. The topological polar surface area (TPSA) is 138 Å². The number of rotatable bonds is 7. The summed E-state index contributed by atoms with van der Waals surface area (Å²) in [5.41, 5.74) is -6.21. The average molecular weight is 549 g/mol. The van der Waals surface area contributed by atoms with E-state index < -0.39 is 33.6 Å². The SMILES string of the molecule is COC(=O)CCC(C)C1CCC2C3C(CC(O)(C(C)=O)C12C)C1(C)CCC(O)(C(C)=O)CC1CC3(O)C(C)=O. The Hall–Kier alpha value is -1.64. The molecule has 0 aliphatic heterocycles. The molecule has 11 unspecified atom stereocenters. The van der Waals surface area contributed by atoms with Crippen molar-refractivity contribution < 1.29 is 39.2 Å². The predicted octanol–water partition coefficient (Wildman–Crippen LogP) is 3.41. The predicted molar refractivity (Wildman–Crippen MR) is 143 cm³/mol. The molecular formula is C31H48O8. The van der Waals surface area contributed by atoms with Crippen molar-refractivity contribution in [3.8, 4) is 0 Å². The molecule has 39 heavy (non-hydrogen) atoms. The van der Waals surface area contributed by atoms with Crippen LogP contribution in [0.15, 0.2) is 0 Å². The first-order valence-corrected chi connectivity index (χ1v) is 14.7. The molecule has 0 aromatic carbocycles. The van der Waals surface area contributed by atoms with Crippen LogP contribution < -0.4 is 0 Å². The van der Waals surface area contributed by atoms with E-state index in [1.165, 1.54) is 27.9 Å². The molecule has 4 rings (SSSR count). The third-order valence-electron chi connectivity index (χ3n) is 12.7. The van der Waals surface area contributed by atoms with Gasteiger partial charge in [-0.2, -0.15) is 0 Å². The minimum Gasteiger partial charge on any atom is -0.469 e. The minimum absolute atomic E-state index is 0.0131. The summed E-state index contributed by atoms with van der Waals surface area (Å²) in [5, 5.41) is 35.9. The minimum atomic E-state index is -1.68. The van der Waals surface area contributed by atoms with E-state index in [1.807, 2.05) is 13.8 Å². The van der Waals surface area contributed by atoms with Gasteiger partial charge in [-0.05, 0) is 107 Å². The smallest absolute Gasteiger partial charge is 0.305 e. The van der Waals surface area contributed by atoms with Gasteiger partial charge in [0.15, 0.2) is 17.3 Å². The van der Waals surface area contributed by atoms with E-state index in [-0.39, 0.29) is 85.0 Å². The number of hydrogen-bond acceptors (Lipinski definition) is 8. The summed E-state index contributed by atoms with van der Waals surface area (Å²) in [6, 6.07) is 0. The number of ketones is 3. The van der Waals surface area contributed by atoms with E-state index in [0.717, 1.165) is 6.42 Å². The molecule has 0 spiro atoms. The summed E-state index contributed by atoms with van der Waals surface area (Å²) in [6.07, 6.45) is 3.42. The fourth-order valence-corrected chi connectivity index (χ4v) is 10.1. The van der Waals surface area contributed by atoms with Crippen molar-refractivity contribution in [2.45, 2.75) is 116 Å². The van der Waals surface area contributed by atoms with E-state index in [0.29, 0.717) is 19.3 Å². The normalized spacial score (nSPS) is 47.8. The van der Waals surface area contributed by atoms with Gasteiger partial charge in [-0.1, -0.05) is 20.8 Å². The molecule has 11 atom stereocenters. The largest absolute Gasteiger partial charge is 0.469 e. The Kier molecular flexibility index (Phi) is 7.56. The molecule has 4 fully saturated rings. The fraction of sp³-hybridized carbons (Fsp3) is 0.871. The van der Waals surface area contributed by atoms with Crippen molar-refractivity contribution in [3.63, 3.8) is 0 Å². The van der Waals surface area contributed by atoms with E-state index in [1.54, 1.807) is 0 Å². The number of carbonyl (C=O) groups is 4. The summed E-state index contributed by atoms with van der Waals surface area (Å²) in [6.45, 7) is 10.3. The Morgan fingerprint density at radius 2 is 1.51 bits per heavy atom. The standard InChI is InChI=1S/C31H48O8/c1-17(8-11-25(35)39-7)22-9-10-23-26-24(16-31(38,20(4)34)28(22,23)6)27(5)12-13-29(36,18(2)32)14-21(27)15-30(26,37)19(3)33/h17,21-24,26,36-38H,8-16H2,1-7H3. The van der Waals surface area contributed by atoms with Gasteiger partial charge in [0.1, 0.15) is 16.8 Å². The van der Waals surface area contributed by atoms with Crippen molar-refractivity contribution in [3.05, 3.63) is 0 Å². The van der Waals surface area contributed by atoms with Gasteiger partial charge in [0.25, 0.3) is 0 Å². The van der Waals surface area contributed by atoms with Crippen LogP contribution in [0.3, 0.4) is 0 Å². The second kappa shape index (κ2) is 9.73. The molecule has 4 aliphatic rings. The second-order valence-electron chi connectivity index (χ2n) is 14.1. The van der Waals surface area contributed by atoms with Crippen LogP contribution in [0, 0.1) is 46.3 Å². The van der Waals surface area contributed by atoms with Gasteiger partial charge in [0, 0.05) is 17.8 Å². The lowest BCUT2D eigenvalue weighted by Crippen LogP contribution is -2.73. The zero-order valence-corrected chi connectivity index (χ0v) is 24.7. The number of hydrogen-bond donors (Lipinski definition) is 3. The number of aliphatic hydroxyl groups is 3. The highest BCUT2D eigenvalue weighted by molar-refractivity contribution is 5.88. The number of esters is 1. The Bertz CT molecular complexity index is 1060. The second-order valence-corrected chi connectivity index (χ2v) is 14.1. The van der Waals surface area contributed by atoms with Gasteiger partial charge < -0.3 is 20.1 Å². The van der Waals surface area contributed by atoms with Gasteiger partial charge in [-0.3, -0.25) is 19.2 Å². The Morgan fingerprint density at radius 3 is 2.05 bits per heavy atom. The first kappa shape index (κ1) is 30.3. The average Bonchev–Trinajstić information content (AvgIpc) is 3.22. The molecular weight excluding hydrogens is 500 g/mol. The molecule has 0 bridgehead atoms. The lowest BCUT2D eigenvalue weighted by Gasteiger charge is -2.68. The molecule has 220 valence electrons. The molecule has 4 aliphatic carbocycles. The first-order chi connectivity index (χ1) is 17.9. The summed E-state index contributed by atoms with van der Waals surface area (Å²) in [4.78, 5) is 51.0. The van der Waals surface area contributed by atoms with E-state index in [9.17, 15) is 34.5 Å². The quantitative estimate of drug-likeness (QED) is 0.412. The van der Waals surface area contributed by atoms with Crippen molar-refractivity contribution in [2.24, 2.45) is 46.3 Å². The van der Waals surface area contributed by atoms with Gasteiger partial charge in [-0.15, -0.1) is 0 Å². The van der Waals surface area contributed by atoms with Crippen molar-refractivity contribution in [1.82, 2.24) is 0 Å². The highest BCUT2D eigenvalue weighted by Gasteiger charge is 2.75. The van der Waals surface area contributed by atoms with Crippen LogP contribution in [0.1, 0.15) is 99.3 Å². The zero-order chi connectivity index (χ0) is 29.3. The van der Waals surface area contributed by atoms with Crippen LogP contribution in [-0.2, 0) is 23.9 Å². The molecule has 0 heterocycles. The summed E-state index contributed by atoms with van der Waals surface area (Å²) in [7, 11) is 1.36. The maximum atomic E-state index is 13.4. The highest BCUT2D eigenvalue weighted by atomic mass is 16.5. The zero-order valence-electron chi connectivity index (χ0n) is 24.7. The van der Waals surface area contributed by atoms with Crippen LogP contribution in [0.5, 0.6) is 0 Å². The number of ether oxygens (including phenoxy) is 1. The highest BCUT2D eigenvalue weighted by Crippen LogP contribution is 2.73. The van der Waals surface area contributed by atoms with Crippen molar-refractivity contribution in [2.75, 3.05) is 7.11 Å². The molecule has 3 N–H and O–H groups in total. The van der Waals surface area contributed by atoms with Gasteiger partial charge in [-0.25, -0.2) is 0 Å². The van der Waals surface area contributed by atoms with Gasteiger partial charge in [0.2, 0.25) is 0 Å². The van der Waals surface area contributed by atoms with Crippen molar-refractivity contribution in [1.29, 1.82) is 0 Å². The third kappa shape index (κ3) is 4.18. The molecule has 8 heteroatoms. The van der Waals surface area contributed by atoms with Crippen LogP contribution in [0.4, 0.5) is 0 Å². The van der Waals surface area contributed by atoms with Crippen LogP contribution in [-0.4, -0.2) is 62.6 Å². The Balaban J connectivity index is 1.82. The molecule has 0 aromatic heterocycles. The molecule has 0 amide bonds. The molecule has 0 aromatic rings. The van der Waals surface area contributed by atoms with Crippen molar-refractivity contribution >= 4 is 23.3 Å². The summed E-state index contributed by atoms with van der Waals surface area (Å²) >= 11 is 0. The van der Waals surface area contributed by atoms with Gasteiger partial charge >= 0.3 is 5.97 Å². The maximum Gasteiger partial charge on any atom is 0.305 e. The Labute approximate surface area is 232 Å². The molecule has 8 nitrogen and oxygen atoms in total. The monoisotopic (exact) mass is 548 g/mol. The lowest BCUT2D eigenvalue weighted by molar-refractivity contribution is -0.262. The molecule has 0 saturated heterocycles. The van der Waals surface area contributed by atoms with E-state index in [2.05, 4.69) is 6.92 Å². The number of fused-ring (bicyclic) bond motifs is 5. The Morgan fingerprint density at radius 1 is 0.872 bits per heavy atom. The fourth-order valence-electron chi connectivity index (χ4n) is 10.1. The van der Waals surface area contributed by atoms with Crippen LogP contribution in [0.25, 0.3) is 0 Å². The molecule has 0 radical (unpaired) electrons. The summed E-state index contributed by atoms with van der Waals surface area (Å²) in [5.74, 6) is -2.72. The van der Waals surface area contributed by atoms with E-state index >= 15 is 0 Å². The number of Topliss-reactive ketones (excluding diaryl/α,β-unsaturated/α-hetero) is 3. The number of carbonyl (C=O) groups excluding carboxylic acids is 4. The maximum absolute atomic E-state index is 13.4. The van der Waals surface area contributed by atoms with Gasteiger partial charge in [0.05, 0.1) is 7.11 Å². The summed E-state index contributed by atoms with van der Waals surface area (Å²) < 4.78 is 4.84. The van der Waals surface area contributed by atoms with Crippen LogP contribution in [0.2, 0.25) is 0 Å². The van der Waals surface area contributed by atoms with Crippen LogP contribution >= 0.6 is 0 Å². The lowest BCUT2D eigenvalue weighted by atomic mass is 9.37.